The molecule has 2 aromatic rings. The van der Waals surface area contributed by atoms with Crippen LogP contribution >= 0.6 is 0 Å². The summed E-state index contributed by atoms with van der Waals surface area (Å²) in [6.45, 7) is 2.61. The molecule has 5 nitrogen and oxygen atoms in total. The molecular formula is C13H17N3O2. The molecule has 0 amide bonds. The van der Waals surface area contributed by atoms with Gasteiger partial charge < -0.3 is 20.3 Å². The number of hydrogen-bond donors (Lipinski definition) is 2. The molecule has 5 heteroatoms. The summed E-state index contributed by atoms with van der Waals surface area (Å²) in [7, 11) is 3.91. The van der Waals surface area contributed by atoms with Crippen LogP contribution in [0.25, 0.3) is 11.3 Å². The lowest BCUT2D eigenvalue weighted by molar-refractivity contribution is 0.384. The van der Waals surface area contributed by atoms with Crippen LogP contribution in [0.4, 0.5) is 5.82 Å². The van der Waals surface area contributed by atoms with E-state index < -0.39 is 0 Å². The number of rotatable bonds is 3. The van der Waals surface area contributed by atoms with Gasteiger partial charge in [-0.2, -0.15) is 0 Å². The van der Waals surface area contributed by atoms with Gasteiger partial charge in [0.25, 0.3) is 0 Å². The van der Waals surface area contributed by atoms with Crippen molar-refractivity contribution in [2.75, 3.05) is 19.8 Å². The number of nitrogens with two attached hydrogens (primary N) is 1. The minimum absolute atomic E-state index is 0.289. The third-order valence-corrected chi connectivity index (χ3v) is 2.84. The van der Waals surface area contributed by atoms with Crippen molar-refractivity contribution in [1.82, 2.24) is 10.1 Å². The van der Waals surface area contributed by atoms with Gasteiger partial charge in [-0.25, -0.2) is 0 Å². The summed E-state index contributed by atoms with van der Waals surface area (Å²) < 4.78 is 5.16. The summed E-state index contributed by atoms with van der Waals surface area (Å²) in [5.41, 5.74) is 8.30. The first-order valence-corrected chi connectivity index (χ1v) is 5.67. The van der Waals surface area contributed by atoms with Crippen LogP contribution in [0.5, 0.6) is 5.75 Å². The number of nitrogen functional groups attached to an aromatic ring is 1. The van der Waals surface area contributed by atoms with Gasteiger partial charge in [0, 0.05) is 23.7 Å². The minimum Gasteiger partial charge on any atom is -0.508 e. The van der Waals surface area contributed by atoms with Crippen LogP contribution in [0.15, 0.2) is 22.7 Å². The van der Waals surface area contributed by atoms with Crippen molar-refractivity contribution >= 4 is 5.82 Å². The largest absolute Gasteiger partial charge is 0.508 e. The van der Waals surface area contributed by atoms with Gasteiger partial charge >= 0.3 is 0 Å². The lowest BCUT2D eigenvalue weighted by Crippen LogP contribution is -2.12. The smallest absolute Gasteiger partial charge is 0.169 e. The van der Waals surface area contributed by atoms with Crippen LogP contribution < -0.4 is 5.73 Å². The summed E-state index contributed by atoms with van der Waals surface area (Å²) in [6.07, 6.45) is 0. The fraction of sp³-hybridized carbons (Fsp3) is 0.308. The highest BCUT2D eigenvalue weighted by Gasteiger charge is 2.14. The number of aromatic nitrogens is 1. The summed E-state index contributed by atoms with van der Waals surface area (Å²) in [4.78, 5) is 2.00. The van der Waals surface area contributed by atoms with Crippen molar-refractivity contribution in [3.8, 4) is 17.1 Å². The number of hydrogen-bond acceptors (Lipinski definition) is 5. The Morgan fingerprint density at radius 2 is 2.11 bits per heavy atom. The van der Waals surface area contributed by atoms with E-state index in [1.54, 1.807) is 12.1 Å². The van der Waals surface area contributed by atoms with Crippen molar-refractivity contribution < 1.29 is 9.63 Å². The quantitative estimate of drug-likeness (QED) is 0.867. The average Bonchev–Trinajstić information content (AvgIpc) is 2.70. The highest BCUT2D eigenvalue weighted by Crippen LogP contribution is 2.32. The molecule has 0 unspecified atom stereocenters. The van der Waals surface area contributed by atoms with Gasteiger partial charge in [-0.3, -0.25) is 0 Å². The van der Waals surface area contributed by atoms with E-state index in [-0.39, 0.29) is 5.75 Å². The molecule has 2 rings (SSSR count). The molecule has 0 bridgehead atoms. The molecule has 0 radical (unpaired) electrons. The van der Waals surface area contributed by atoms with Crippen molar-refractivity contribution in [3.05, 3.63) is 29.3 Å². The summed E-state index contributed by atoms with van der Waals surface area (Å²) in [6, 6.07) is 5.16. The highest BCUT2D eigenvalue weighted by molar-refractivity contribution is 5.67. The van der Waals surface area contributed by atoms with Gasteiger partial charge in [0.1, 0.15) is 5.75 Å². The molecular weight excluding hydrogens is 230 g/mol. The van der Waals surface area contributed by atoms with Gasteiger partial charge in [0.15, 0.2) is 11.6 Å². The third kappa shape index (κ3) is 2.31. The Morgan fingerprint density at radius 1 is 1.39 bits per heavy atom. The third-order valence-electron chi connectivity index (χ3n) is 2.84. The maximum Gasteiger partial charge on any atom is 0.169 e. The standard InChI is InChI=1S/C13H17N3O2/c1-8-9(12-6-13(14)15-18-12)4-5-11(17)10(8)7-16(2)3/h4-6,17H,7H2,1-3H3,(H2,14,15). The highest BCUT2D eigenvalue weighted by atomic mass is 16.5. The van der Waals surface area contributed by atoms with E-state index in [4.69, 9.17) is 10.3 Å². The topological polar surface area (TPSA) is 75.5 Å². The molecule has 3 N–H and O–H groups in total. The first-order chi connectivity index (χ1) is 8.49. The molecule has 0 aliphatic rings. The maximum absolute atomic E-state index is 9.92. The molecule has 96 valence electrons. The van der Waals surface area contributed by atoms with E-state index in [1.807, 2.05) is 32.0 Å². The number of nitrogens with zero attached hydrogens (tertiary/aromatic N) is 2. The average molecular weight is 247 g/mol. The zero-order valence-corrected chi connectivity index (χ0v) is 10.8. The molecule has 0 fully saturated rings. The summed E-state index contributed by atoms with van der Waals surface area (Å²) in [5, 5.41) is 13.6. The van der Waals surface area contributed by atoms with Gasteiger partial charge in [0.05, 0.1) is 0 Å². The second-order valence-corrected chi connectivity index (χ2v) is 4.59. The molecule has 0 saturated heterocycles. The zero-order valence-electron chi connectivity index (χ0n) is 10.8. The van der Waals surface area contributed by atoms with Crippen molar-refractivity contribution in [2.24, 2.45) is 0 Å². The van der Waals surface area contributed by atoms with Crippen molar-refractivity contribution in [3.63, 3.8) is 0 Å². The molecule has 1 aromatic carbocycles. The Kier molecular flexibility index (Phi) is 3.25. The number of aromatic hydroxyl groups is 1. The van der Waals surface area contributed by atoms with Gasteiger partial charge in [-0.1, -0.05) is 5.16 Å². The number of anilines is 1. The van der Waals surface area contributed by atoms with Crippen LogP contribution in [0.1, 0.15) is 11.1 Å². The maximum atomic E-state index is 9.92. The predicted molar refractivity (Wildman–Crippen MR) is 70.1 cm³/mol. The Hall–Kier alpha value is -2.01. The molecule has 0 aliphatic carbocycles. The molecule has 0 aliphatic heterocycles. The second kappa shape index (κ2) is 4.70. The van der Waals surface area contributed by atoms with Gasteiger partial charge in [0.2, 0.25) is 0 Å². The lowest BCUT2D eigenvalue weighted by atomic mass is 9.99. The van der Waals surface area contributed by atoms with E-state index in [2.05, 4.69) is 5.16 Å². The van der Waals surface area contributed by atoms with E-state index >= 15 is 0 Å². The monoisotopic (exact) mass is 247 g/mol. The van der Waals surface area contributed by atoms with Crippen LogP contribution in [-0.2, 0) is 6.54 Å². The minimum atomic E-state index is 0.289. The van der Waals surface area contributed by atoms with Crippen LogP contribution in [0.2, 0.25) is 0 Å². The molecule has 0 atom stereocenters. The zero-order chi connectivity index (χ0) is 13.3. The molecule has 0 spiro atoms. The second-order valence-electron chi connectivity index (χ2n) is 4.59. The van der Waals surface area contributed by atoms with Gasteiger partial charge in [-0.15, -0.1) is 0 Å². The Labute approximate surface area is 106 Å². The lowest BCUT2D eigenvalue weighted by Gasteiger charge is -2.15. The normalized spacial score (nSPS) is 11.1. The first kappa shape index (κ1) is 12.4. The predicted octanol–water partition coefficient (Wildman–Crippen LogP) is 2.00. The molecule has 1 heterocycles. The fourth-order valence-electron chi connectivity index (χ4n) is 1.94. The summed E-state index contributed by atoms with van der Waals surface area (Å²) in [5.74, 6) is 1.26. The van der Waals surface area contributed by atoms with E-state index in [0.29, 0.717) is 18.1 Å². The first-order valence-electron chi connectivity index (χ1n) is 5.67. The van der Waals surface area contributed by atoms with Crippen LogP contribution in [0, 0.1) is 6.92 Å². The number of phenols is 1. The molecule has 0 saturated carbocycles. The molecule has 18 heavy (non-hydrogen) atoms. The summed E-state index contributed by atoms with van der Waals surface area (Å²) >= 11 is 0. The molecule has 1 aromatic heterocycles. The van der Waals surface area contributed by atoms with Crippen LogP contribution in [0.3, 0.4) is 0 Å². The number of benzene rings is 1. The Balaban J connectivity index is 2.50. The van der Waals surface area contributed by atoms with Crippen molar-refractivity contribution in [2.45, 2.75) is 13.5 Å². The van der Waals surface area contributed by atoms with E-state index in [0.717, 1.165) is 16.7 Å². The van der Waals surface area contributed by atoms with E-state index in [1.165, 1.54) is 0 Å². The Bertz CT molecular complexity index is 561. The van der Waals surface area contributed by atoms with Crippen molar-refractivity contribution in [1.29, 1.82) is 0 Å². The Morgan fingerprint density at radius 3 is 2.67 bits per heavy atom. The SMILES string of the molecule is Cc1c(-c2cc(N)no2)ccc(O)c1CN(C)C. The van der Waals surface area contributed by atoms with Gasteiger partial charge in [-0.05, 0) is 38.7 Å². The van der Waals surface area contributed by atoms with E-state index in [9.17, 15) is 5.11 Å². The number of phenolic OH excluding ortho intramolecular Hbond substituents is 1. The van der Waals surface area contributed by atoms with Crippen LogP contribution in [-0.4, -0.2) is 29.3 Å². The fourth-order valence-corrected chi connectivity index (χ4v) is 1.94.